The van der Waals surface area contributed by atoms with Gasteiger partial charge in [0.25, 0.3) is 0 Å². The summed E-state index contributed by atoms with van der Waals surface area (Å²) >= 11 is 18.3. The highest BCUT2D eigenvalue weighted by Crippen LogP contribution is 2.38. The molecule has 1 saturated heterocycles. The van der Waals surface area contributed by atoms with Crippen LogP contribution in [0, 0.1) is 0 Å². The minimum absolute atomic E-state index is 0.352. The number of hydrogen-bond donors (Lipinski definition) is 1. The maximum Gasteiger partial charge on any atom is 0.109 e. The zero-order valence-corrected chi connectivity index (χ0v) is 12.0. The van der Waals surface area contributed by atoms with E-state index in [1.807, 2.05) is 4.90 Å². The molecule has 0 spiro atoms. The Hall–Kier alpha value is -0.0600. The van der Waals surface area contributed by atoms with Crippen molar-refractivity contribution in [3.63, 3.8) is 0 Å². The molecule has 1 fully saturated rings. The minimum Gasteiger partial charge on any atom is -0.314 e. The van der Waals surface area contributed by atoms with Crippen molar-refractivity contribution >= 4 is 34.8 Å². The van der Waals surface area contributed by atoms with Gasteiger partial charge in [0.1, 0.15) is 6.67 Å². The SMILES string of the molecule is FC[C@@H](c1c(Cl)ccc(Cl)c1Cl)N1CCNCC1. The maximum atomic E-state index is 13.4. The Bertz CT molecular complexity index is 422. The number of piperazine rings is 1. The van der Waals surface area contributed by atoms with Gasteiger partial charge in [-0.25, -0.2) is 4.39 Å². The number of alkyl halides is 1. The Labute approximate surface area is 121 Å². The standard InChI is InChI=1S/C12H14Cl3FN2/c13-8-1-2-9(14)12(15)11(8)10(7-16)18-5-3-17-4-6-18/h1-2,10,17H,3-7H2/t10-/m0/s1. The fraction of sp³-hybridized carbons (Fsp3) is 0.500. The van der Waals surface area contributed by atoms with Crippen LogP contribution < -0.4 is 5.32 Å². The third kappa shape index (κ3) is 2.91. The zero-order valence-electron chi connectivity index (χ0n) is 9.73. The van der Waals surface area contributed by atoms with Crippen LogP contribution in [0.1, 0.15) is 11.6 Å². The fourth-order valence-electron chi connectivity index (χ4n) is 2.20. The summed E-state index contributed by atoms with van der Waals surface area (Å²) < 4.78 is 13.4. The molecule has 1 atom stereocenters. The molecule has 0 saturated carbocycles. The molecule has 0 aliphatic carbocycles. The molecule has 1 aromatic rings. The first-order valence-electron chi connectivity index (χ1n) is 5.79. The molecule has 1 N–H and O–H groups in total. The van der Waals surface area contributed by atoms with E-state index in [4.69, 9.17) is 34.8 Å². The summed E-state index contributed by atoms with van der Waals surface area (Å²) in [7, 11) is 0. The molecular weight excluding hydrogens is 298 g/mol. The van der Waals surface area contributed by atoms with Gasteiger partial charge in [-0.1, -0.05) is 34.8 Å². The Balaban J connectivity index is 2.34. The largest absolute Gasteiger partial charge is 0.314 e. The van der Waals surface area contributed by atoms with Crippen LogP contribution in [0.25, 0.3) is 0 Å². The van der Waals surface area contributed by atoms with Crippen LogP contribution in [-0.2, 0) is 0 Å². The minimum atomic E-state index is -0.528. The maximum absolute atomic E-state index is 13.4. The van der Waals surface area contributed by atoms with E-state index in [1.54, 1.807) is 12.1 Å². The fourth-order valence-corrected chi connectivity index (χ4v) is 2.99. The van der Waals surface area contributed by atoms with Crippen molar-refractivity contribution < 1.29 is 4.39 Å². The smallest absolute Gasteiger partial charge is 0.109 e. The van der Waals surface area contributed by atoms with E-state index in [2.05, 4.69) is 5.32 Å². The van der Waals surface area contributed by atoms with Gasteiger partial charge in [-0.05, 0) is 12.1 Å². The van der Waals surface area contributed by atoms with Crippen LogP contribution in [0.15, 0.2) is 12.1 Å². The molecule has 1 aromatic carbocycles. The van der Waals surface area contributed by atoms with Crippen molar-refractivity contribution in [2.45, 2.75) is 6.04 Å². The Morgan fingerprint density at radius 2 is 1.78 bits per heavy atom. The highest BCUT2D eigenvalue weighted by Gasteiger charge is 2.26. The number of nitrogens with zero attached hydrogens (tertiary/aromatic N) is 1. The summed E-state index contributed by atoms with van der Waals surface area (Å²) in [6, 6.07) is 2.87. The van der Waals surface area contributed by atoms with Crippen LogP contribution in [0.5, 0.6) is 0 Å². The predicted octanol–water partition coefficient (Wildman–Crippen LogP) is 3.56. The molecule has 0 bridgehead atoms. The van der Waals surface area contributed by atoms with E-state index < -0.39 is 12.7 Å². The Morgan fingerprint density at radius 3 is 2.39 bits per heavy atom. The van der Waals surface area contributed by atoms with Crippen molar-refractivity contribution in [3.8, 4) is 0 Å². The lowest BCUT2D eigenvalue weighted by molar-refractivity contribution is 0.147. The predicted molar refractivity (Wildman–Crippen MR) is 74.6 cm³/mol. The second-order valence-electron chi connectivity index (χ2n) is 4.21. The van der Waals surface area contributed by atoms with Gasteiger partial charge in [-0.3, -0.25) is 4.90 Å². The number of benzene rings is 1. The molecule has 1 heterocycles. The number of hydrogen-bond acceptors (Lipinski definition) is 2. The molecule has 18 heavy (non-hydrogen) atoms. The lowest BCUT2D eigenvalue weighted by Gasteiger charge is -2.34. The van der Waals surface area contributed by atoms with E-state index in [9.17, 15) is 4.39 Å². The van der Waals surface area contributed by atoms with Crippen molar-refractivity contribution in [1.82, 2.24) is 10.2 Å². The first kappa shape index (κ1) is 14.4. The van der Waals surface area contributed by atoms with E-state index in [1.165, 1.54) is 0 Å². The van der Waals surface area contributed by atoms with Crippen molar-refractivity contribution in [2.24, 2.45) is 0 Å². The second kappa shape index (κ2) is 6.40. The van der Waals surface area contributed by atoms with E-state index in [0.29, 0.717) is 20.6 Å². The molecule has 6 heteroatoms. The average molecular weight is 312 g/mol. The van der Waals surface area contributed by atoms with E-state index in [0.717, 1.165) is 26.2 Å². The Kier molecular flexibility index (Phi) is 5.10. The number of nitrogens with one attached hydrogen (secondary N) is 1. The van der Waals surface area contributed by atoms with Gasteiger partial charge in [-0.2, -0.15) is 0 Å². The number of halogens is 4. The highest BCUT2D eigenvalue weighted by molar-refractivity contribution is 6.44. The molecule has 0 amide bonds. The Morgan fingerprint density at radius 1 is 1.17 bits per heavy atom. The summed E-state index contributed by atoms with van der Waals surface area (Å²) in [6.07, 6.45) is 0. The molecule has 0 aromatic heterocycles. The molecule has 1 aliphatic rings. The monoisotopic (exact) mass is 310 g/mol. The average Bonchev–Trinajstić information content (AvgIpc) is 2.40. The van der Waals surface area contributed by atoms with Crippen LogP contribution in [0.4, 0.5) is 4.39 Å². The molecule has 100 valence electrons. The van der Waals surface area contributed by atoms with Crippen molar-refractivity contribution in [1.29, 1.82) is 0 Å². The third-order valence-corrected chi connectivity index (χ3v) is 4.30. The summed E-state index contributed by atoms with van der Waals surface area (Å²) in [6.45, 7) is 2.69. The van der Waals surface area contributed by atoms with Gasteiger partial charge in [0.15, 0.2) is 0 Å². The van der Waals surface area contributed by atoms with Gasteiger partial charge < -0.3 is 5.32 Å². The normalized spacial score (nSPS) is 18.9. The van der Waals surface area contributed by atoms with Gasteiger partial charge in [-0.15, -0.1) is 0 Å². The first-order valence-corrected chi connectivity index (χ1v) is 6.92. The van der Waals surface area contributed by atoms with Crippen LogP contribution in [0.2, 0.25) is 15.1 Å². The van der Waals surface area contributed by atoms with Crippen molar-refractivity contribution in [3.05, 3.63) is 32.8 Å². The number of rotatable bonds is 3. The highest BCUT2D eigenvalue weighted by atomic mass is 35.5. The van der Waals surface area contributed by atoms with Gasteiger partial charge in [0, 0.05) is 36.8 Å². The first-order chi connectivity index (χ1) is 8.65. The summed E-state index contributed by atoms with van der Waals surface area (Å²) in [5.41, 5.74) is 0.593. The molecule has 0 unspecified atom stereocenters. The van der Waals surface area contributed by atoms with Gasteiger partial charge in [0.05, 0.1) is 16.1 Å². The van der Waals surface area contributed by atoms with Crippen molar-refractivity contribution in [2.75, 3.05) is 32.9 Å². The van der Waals surface area contributed by atoms with E-state index >= 15 is 0 Å². The summed E-state index contributed by atoms with van der Waals surface area (Å²) in [5, 5.41) is 4.45. The third-order valence-electron chi connectivity index (χ3n) is 3.15. The molecular formula is C12H14Cl3FN2. The van der Waals surface area contributed by atoms with E-state index in [-0.39, 0.29) is 0 Å². The summed E-state index contributed by atoms with van der Waals surface area (Å²) in [4.78, 5) is 2.04. The second-order valence-corrected chi connectivity index (χ2v) is 5.41. The topological polar surface area (TPSA) is 15.3 Å². The lowest BCUT2D eigenvalue weighted by Crippen LogP contribution is -2.45. The van der Waals surface area contributed by atoms with Crippen LogP contribution >= 0.6 is 34.8 Å². The summed E-state index contributed by atoms with van der Waals surface area (Å²) in [5.74, 6) is 0. The van der Waals surface area contributed by atoms with Gasteiger partial charge in [0.2, 0.25) is 0 Å². The molecule has 2 rings (SSSR count). The molecule has 1 aliphatic heterocycles. The van der Waals surface area contributed by atoms with Crippen LogP contribution in [-0.4, -0.2) is 37.8 Å². The quantitative estimate of drug-likeness (QED) is 0.859. The lowest BCUT2D eigenvalue weighted by atomic mass is 10.1. The molecule has 2 nitrogen and oxygen atoms in total. The van der Waals surface area contributed by atoms with Crippen LogP contribution in [0.3, 0.4) is 0 Å². The van der Waals surface area contributed by atoms with Gasteiger partial charge >= 0.3 is 0 Å². The zero-order chi connectivity index (χ0) is 13.1. The molecule has 0 radical (unpaired) electrons.